The van der Waals surface area contributed by atoms with Crippen LogP contribution in [0.4, 0.5) is 8.78 Å². The monoisotopic (exact) mass is 450 g/mol. The minimum absolute atomic E-state index is 0.0457. The lowest BCUT2D eigenvalue weighted by molar-refractivity contribution is 0.115. The van der Waals surface area contributed by atoms with E-state index in [0.29, 0.717) is 23.8 Å². The lowest BCUT2D eigenvalue weighted by Crippen LogP contribution is -2.30. The number of allylic oxidation sites excluding steroid dienone is 2. The average Bonchev–Trinajstić information content (AvgIpc) is 2.83. The van der Waals surface area contributed by atoms with E-state index in [1.807, 2.05) is 0 Å². The molecule has 0 amide bonds. The Labute approximate surface area is 197 Å². The molecule has 4 atom stereocenters. The van der Waals surface area contributed by atoms with Gasteiger partial charge in [-0.2, -0.15) is 0 Å². The van der Waals surface area contributed by atoms with Crippen molar-refractivity contribution in [3.8, 4) is 16.9 Å². The Morgan fingerprint density at radius 3 is 2.36 bits per heavy atom. The predicted molar refractivity (Wildman–Crippen MR) is 132 cm³/mol. The Bertz CT molecular complexity index is 939. The van der Waals surface area contributed by atoms with Crippen LogP contribution in [0.3, 0.4) is 0 Å². The molecule has 0 radical (unpaired) electrons. The first-order valence-corrected chi connectivity index (χ1v) is 12.5. The fourth-order valence-corrected chi connectivity index (χ4v) is 6.03. The zero-order valence-electron chi connectivity index (χ0n) is 19.7. The molecule has 1 nitrogen and oxygen atoms in total. The summed E-state index contributed by atoms with van der Waals surface area (Å²) in [6.07, 6.45) is 15.8. The maximum atomic E-state index is 15.1. The summed E-state index contributed by atoms with van der Waals surface area (Å²) in [5, 5.41) is 0. The van der Waals surface area contributed by atoms with Gasteiger partial charge in [-0.15, -0.1) is 0 Å². The van der Waals surface area contributed by atoms with Crippen molar-refractivity contribution < 1.29 is 13.5 Å². The van der Waals surface area contributed by atoms with Crippen molar-refractivity contribution in [2.45, 2.75) is 64.2 Å². The van der Waals surface area contributed by atoms with Crippen molar-refractivity contribution in [3.63, 3.8) is 0 Å². The Balaban J connectivity index is 1.42. The standard InChI is InChI=1S/C30H36F2O/c1-3-5-6-7-21-8-9-24-18-25(11-10-23(24)17-21)26-19-28(31)30(29(32)20-26)22-12-14-27(15-13-22)33-16-4-2/h3-5,12-15,19-21,23-25H,2,6-11,16-18H2,1H3/b5-3+. The van der Waals surface area contributed by atoms with Gasteiger partial charge in [0.25, 0.3) is 0 Å². The van der Waals surface area contributed by atoms with Gasteiger partial charge in [-0.1, -0.05) is 43.4 Å². The molecule has 33 heavy (non-hydrogen) atoms. The molecule has 2 aromatic carbocycles. The maximum absolute atomic E-state index is 15.1. The zero-order valence-corrected chi connectivity index (χ0v) is 19.7. The number of fused-ring (bicyclic) bond motifs is 1. The summed E-state index contributed by atoms with van der Waals surface area (Å²) >= 11 is 0. The van der Waals surface area contributed by atoms with Gasteiger partial charge < -0.3 is 4.74 Å². The minimum atomic E-state index is -0.473. The van der Waals surface area contributed by atoms with Gasteiger partial charge in [0.05, 0.1) is 5.56 Å². The van der Waals surface area contributed by atoms with E-state index >= 15 is 8.78 Å². The molecule has 3 heteroatoms. The molecule has 0 aromatic heterocycles. The Morgan fingerprint density at radius 2 is 1.67 bits per heavy atom. The fourth-order valence-electron chi connectivity index (χ4n) is 6.03. The minimum Gasteiger partial charge on any atom is -0.490 e. The SMILES string of the molecule is C=CCOc1ccc(-c2c(F)cc(C3CCC4CC(CC/C=C/C)CCC4C3)cc2F)cc1. The van der Waals surface area contributed by atoms with Gasteiger partial charge in [0.15, 0.2) is 0 Å². The number of hydrogen-bond donors (Lipinski definition) is 0. The fraction of sp³-hybridized carbons (Fsp3) is 0.467. The third kappa shape index (κ3) is 5.75. The zero-order chi connectivity index (χ0) is 23.2. The van der Waals surface area contributed by atoms with E-state index in [1.54, 1.807) is 42.5 Å². The van der Waals surface area contributed by atoms with E-state index in [-0.39, 0.29) is 11.5 Å². The van der Waals surface area contributed by atoms with E-state index in [4.69, 9.17) is 4.74 Å². The summed E-state index contributed by atoms with van der Waals surface area (Å²) in [5.41, 5.74) is 1.40. The molecule has 176 valence electrons. The maximum Gasteiger partial charge on any atom is 0.134 e. The summed E-state index contributed by atoms with van der Waals surface area (Å²) in [5.74, 6) is 2.32. The topological polar surface area (TPSA) is 9.23 Å². The van der Waals surface area contributed by atoms with E-state index in [2.05, 4.69) is 25.7 Å². The van der Waals surface area contributed by atoms with Crippen LogP contribution in [0, 0.1) is 29.4 Å². The largest absolute Gasteiger partial charge is 0.490 e. The molecule has 0 N–H and O–H groups in total. The third-order valence-corrected chi connectivity index (χ3v) is 7.75. The number of hydrogen-bond acceptors (Lipinski definition) is 1. The summed E-state index contributed by atoms with van der Waals surface area (Å²) < 4.78 is 35.7. The molecule has 0 bridgehead atoms. The van der Waals surface area contributed by atoms with Gasteiger partial charge in [-0.05, 0) is 111 Å². The van der Waals surface area contributed by atoms with Crippen LogP contribution in [0.25, 0.3) is 11.1 Å². The Kier molecular flexibility index (Phi) is 8.01. The van der Waals surface area contributed by atoms with E-state index in [1.165, 1.54) is 38.5 Å². The van der Waals surface area contributed by atoms with Crippen LogP contribution >= 0.6 is 0 Å². The molecule has 0 spiro atoms. The normalized spacial score (nSPS) is 25.1. The second kappa shape index (κ2) is 11.1. The highest BCUT2D eigenvalue weighted by molar-refractivity contribution is 5.66. The molecule has 4 unspecified atom stereocenters. The van der Waals surface area contributed by atoms with Crippen LogP contribution in [0.1, 0.15) is 69.8 Å². The van der Waals surface area contributed by atoms with Crippen LogP contribution in [0.2, 0.25) is 0 Å². The quantitative estimate of drug-likeness (QED) is 0.365. The lowest BCUT2D eigenvalue weighted by atomic mass is 9.63. The van der Waals surface area contributed by atoms with Crippen molar-refractivity contribution >= 4 is 0 Å². The molecule has 2 fully saturated rings. The van der Waals surface area contributed by atoms with E-state index in [9.17, 15) is 0 Å². The van der Waals surface area contributed by atoms with Crippen LogP contribution in [0.15, 0.2) is 61.2 Å². The van der Waals surface area contributed by atoms with Gasteiger partial charge in [0.2, 0.25) is 0 Å². The summed E-state index contributed by atoms with van der Waals surface area (Å²) in [7, 11) is 0. The van der Waals surface area contributed by atoms with Gasteiger partial charge in [0, 0.05) is 0 Å². The van der Waals surface area contributed by atoms with E-state index < -0.39 is 11.6 Å². The molecule has 0 heterocycles. The van der Waals surface area contributed by atoms with Crippen molar-refractivity contribution in [3.05, 3.63) is 78.4 Å². The van der Waals surface area contributed by atoms with Gasteiger partial charge in [0.1, 0.15) is 24.0 Å². The number of benzene rings is 2. The van der Waals surface area contributed by atoms with Crippen LogP contribution < -0.4 is 4.74 Å². The first-order chi connectivity index (χ1) is 16.1. The summed E-state index contributed by atoms with van der Waals surface area (Å²) in [6.45, 7) is 6.11. The molecule has 0 saturated heterocycles. The highest BCUT2D eigenvalue weighted by Gasteiger charge is 2.36. The first kappa shape index (κ1) is 23.7. The highest BCUT2D eigenvalue weighted by atomic mass is 19.1. The summed E-state index contributed by atoms with van der Waals surface area (Å²) in [6, 6.07) is 10.0. The number of rotatable bonds is 8. The van der Waals surface area contributed by atoms with Crippen molar-refractivity contribution in [2.24, 2.45) is 17.8 Å². The van der Waals surface area contributed by atoms with Crippen molar-refractivity contribution in [1.29, 1.82) is 0 Å². The Morgan fingerprint density at radius 1 is 0.970 bits per heavy atom. The van der Waals surface area contributed by atoms with Crippen molar-refractivity contribution in [1.82, 2.24) is 0 Å². The third-order valence-electron chi connectivity index (χ3n) is 7.75. The molecule has 2 aliphatic carbocycles. The van der Waals surface area contributed by atoms with Gasteiger partial charge >= 0.3 is 0 Å². The lowest BCUT2D eigenvalue weighted by Gasteiger charge is -2.42. The van der Waals surface area contributed by atoms with Crippen LogP contribution in [0.5, 0.6) is 5.75 Å². The molecule has 2 saturated carbocycles. The summed E-state index contributed by atoms with van der Waals surface area (Å²) in [4.78, 5) is 0. The molecule has 0 aliphatic heterocycles. The number of ether oxygens (including phenoxy) is 1. The molecule has 2 aliphatic rings. The highest BCUT2D eigenvalue weighted by Crippen LogP contribution is 2.48. The predicted octanol–water partition coefficient (Wildman–Crippen LogP) is 8.85. The second-order valence-corrected chi connectivity index (χ2v) is 9.84. The van der Waals surface area contributed by atoms with Crippen molar-refractivity contribution in [2.75, 3.05) is 6.61 Å². The van der Waals surface area contributed by atoms with Gasteiger partial charge in [-0.25, -0.2) is 8.78 Å². The van der Waals surface area contributed by atoms with E-state index in [0.717, 1.165) is 30.2 Å². The number of halogens is 2. The Hall–Kier alpha value is -2.42. The second-order valence-electron chi connectivity index (χ2n) is 9.84. The van der Waals surface area contributed by atoms with Crippen LogP contribution in [-0.2, 0) is 0 Å². The first-order valence-electron chi connectivity index (χ1n) is 12.5. The molecule has 2 aromatic rings. The smallest absolute Gasteiger partial charge is 0.134 e. The molecular weight excluding hydrogens is 414 g/mol. The average molecular weight is 451 g/mol. The van der Waals surface area contributed by atoms with Crippen LogP contribution in [-0.4, -0.2) is 6.61 Å². The van der Waals surface area contributed by atoms with Gasteiger partial charge in [-0.3, -0.25) is 0 Å². The molecule has 4 rings (SSSR count). The molecular formula is C30H36F2O.